The fourth-order valence-electron chi connectivity index (χ4n) is 2.16. The third-order valence-corrected chi connectivity index (χ3v) is 3.36. The number of hydrogen-bond donors (Lipinski definition) is 1. The van der Waals surface area contributed by atoms with E-state index in [0.717, 1.165) is 18.4 Å². The molecule has 0 heterocycles. The smallest absolute Gasteiger partial charge is 0.387 e. The van der Waals surface area contributed by atoms with Gasteiger partial charge in [-0.05, 0) is 37.5 Å². The molecule has 1 N–H and O–H groups in total. The largest absolute Gasteiger partial charge is 0.480 e. The number of nitrogens with zero attached hydrogens (tertiary/aromatic N) is 1. The Balaban J connectivity index is 2.08. The second kappa shape index (κ2) is 6.17. The molecule has 0 aromatic heterocycles. The SMILES string of the molecule is CC(C(=O)O)N(Cc1cccc(OC(F)F)c1)C1CC1. The molecule has 1 unspecified atom stereocenters. The number of carboxylic acid groups (broad SMARTS) is 1. The van der Waals surface area contributed by atoms with Gasteiger partial charge in [0.2, 0.25) is 0 Å². The van der Waals surface area contributed by atoms with E-state index in [1.54, 1.807) is 19.1 Å². The van der Waals surface area contributed by atoms with Crippen molar-refractivity contribution >= 4 is 5.97 Å². The normalized spacial score (nSPS) is 16.4. The van der Waals surface area contributed by atoms with E-state index in [0.29, 0.717) is 6.54 Å². The number of alkyl halides is 2. The molecule has 1 aliphatic rings. The molecule has 0 aliphatic heterocycles. The number of hydrogen-bond acceptors (Lipinski definition) is 3. The zero-order chi connectivity index (χ0) is 14.7. The second-order valence-electron chi connectivity index (χ2n) is 4.94. The topological polar surface area (TPSA) is 49.8 Å². The fraction of sp³-hybridized carbons (Fsp3) is 0.500. The van der Waals surface area contributed by atoms with Gasteiger partial charge in [-0.1, -0.05) is 12.1 Å². The summed E-state index contributed by atoms with van der Waals surface area (Å²) >= 11 is 0. The maximum Gasteiger partial charge on any atom is 0.387 e. The molecule has 1 fully saturated rings. The first-order chi connectivity index (χ1) is 9.47. The summed E-state index contributed by atoms with van der Waals surface area (Å²) in [7, 11) is 0. The van der Waals surface area contributed by atoms with E-state index >= 15 is 0 Å². The van der Waals surface area contributed by atoms with Gasteiger partial charge in [-0.2, -0.15) is 8.78 Å². The predicted octanol–water partition coefficient (Wildman–Crippen LogP) is 2.73. The molecule has 0 spiro atoms. The van der Waals surface area contributed by atoms with Crippen molar-refractivity contribution in [2.24, 2.45) is 0 Å². The van der Waals surface area contributed by atoms with Gasteiger partial charge < -0.3 is 9.84 Å². The van der Waals surface area contributed by atoms with E-state index in [9.17, 15) is 13.6 Å². The fourth-order valence-corrected chi connectivity index (χ4v) is 2.16. The van der Waals surface area contributed by atoms with E-state index in [-0.39, 0.29) is 11.8 Å². The highest BCUT2D eigenvalue weighted by Crippen LogP contribution is 2.30. The van der Waals surface area contributed by atoms with E-state index < -0.39 is 18.6 Å². The van der Waals surface area contributed by atoms with Crippen molar-refractivity contribution in [3.63, 3.8) is 0 Å². The maximum absolute atomic E-state index is 12.2. The lowest BCUT2D eigenvalue weighted by molar-refractivity contribution is -0.143. The van der Waals surface area contributed by atoms with Crippen molar-refractivity contribution in [3.8, 4) is 5.75 Å². The minimum atomic E-state index is -2.86. The first-order valence-corrected chi connectivity index (χ1v) is 6.49. The van der Waals surface area contributed by atoms with Gasteiger partial charge in [0.25, 0.3) is 0 Å². The van der Waals surface area contributed by atoms with Crippen LogP contribution in [0.4, 0.5) is 8.78 Å². The second-order valence-corrected chi connectivity index (χ2v) is 4.94. The quantitative estimate of drug-likeness (QED) is 0.837. The Labute approximate surface area is 116 Å². The lowest BCUT2D eigenvalue weighted by Gasteiger charge is -2.26. The van der Waals surface area contributed by atoms with Crippen molar-refractivity contribution in [1.82, 2.24) is 4.90 Å². The van der Waals surface area contributed by atoms with Crippen molar-refractivity contribution in [2.75, 3.05) is 0 Å². The molecule has 1 aromatic rings. The molecule has 2 rings (SSSR count). The van der Waals surface area contributed by atoms with Gasteiger partial charge in [0.05, 0.1) is 0 Å². The zero-order valence-electron chi connectivity index (χ0n) is 11.1. The van der Waals surface area contributed by atoms with Crippen LogP contribution >= 0.6 is 0 Å². The maximum atomic E-state index is 12.2. The highest BCUT2D eigenvalue weighted by atomic mass is 19.3. The Morgan fingerprint density at radius 1 is 1.50 bits per heavy atom. The molecular weight excluding hydrogens is 268 g/mol. The minimum absolute atomic E-state index is 0.0937. The van der Waals surface area contributed by atoms with E-state index in [2.05, 4.69) is 4.74 Å². The van der Waals surface area contributed by atoms with Crippen molar-refractivity contribution in [3.05, 3.63) is 29.8 Å². The third-order valence-electron chi connectivity index (χ3n) is 3.36. The summed E-state index contributed by atoms with van der Waals surface area (Å²) in [6.45, 7) is -0.804. The highest BCUT2D eigenvalue weighted by molar-refractivity contribution is 5.73. The van der Waals surface area contributed by atoms with Crippen molar-refractivity contribution in [1.29, 1.82) is 0 Å². The van der Waals surface area contributed by atoms with Gasteiger partial charge >= 0.3 is 12.6 Å². The Bertz CT molecular complexity index is 477. The molecule has 4 nitrogen and oxygen atoms in total. The molecular formula is C14H17F2NO3. The van der Waals surface area contributed by atoms with E-state index in [4.69, 9.17) is 5.11 Å². The lowest BCUT2D eigenvalue weighted by Crippen LogP contribution is -2.39. The Hall–Kier alpha value is -1.69. The van der Waals surface area contributed by atoms with E-state index in [1.165, 1.54) is 12.1 Å². The van der Waals surface area contributed by atoms with Crippen LogP contribution in [0.3, 0.4) is 0 Å². The zero-order valence-corrected chi connectivity index (χ0v) is 11.1. The number of ether oxygens (including phenoxy) is 1. The van der Waals surface area contributed by atoms with Gasteiger partial charge in [0.15, 0.2) is 0 Å². The van der Waals surface area contributed by atoms with E-state index in [1.807, 2.05) is 4.90 Å². The number of benzene rings is 1. The predicted molar refractivity (Wildman–Crippen MR) is 68.7 cm³/mol. The van der Waals surface area contributed by atoms with Crippen LogP contribution in [0.1, 0.15) is 25.3 Å². The number of aliphatic carboxylic acids is 1. The summed E-state index contributed by atoms with van der Waals surface area (Å²) in [6, 6.07) is 6.06. The average Bonchev–Trinajstić information content (AvgIpc) is 3.19. The summed E-state index contributed by atoms with van der Waals surface area (Å²) in [5.41, 5.74) is 0.767. The van der Waals surface area contributed by atoms with Gasteiger partial charge in [-0.15, -0.1) is 0 Å². The van der Waals surface area contributed by atoms with Crippen LogP contribution in [-0.2, 0) is 11.3 Å². The number of carbonyl (C=O) groups is 1. The first-order valence-electron chi connectivity index (χ1n) is 6.49. The van der Waals surface area contributed by atoms with Crippen LogP contribution in [0, 0.1) is 0 Å². The average molecular weight is 285 g/mol. The first kappa shape index (κ1) is 14.7. The molecule has 0 bridgehead atoms. The monoisotopic (exact) mass is 285 g/mol. The van der Waals surface area contributed by atoms with Crippen LogP contribution in [-0.4, -0.2) is 34.7 Å². The van der Waals surface area contributed by atoms with Crippen LogP contribution in [0.15, 0.2) is 24.3 Å². The molecule has 1 atom stereocenters. The summed E-state index contributed by atoms with van der Waals surface area (Å²) in [4.78, 5) is 13.0. The van der Waals surface area contributed by atoms with Crippen LogP contribution in [0.25, 0.3) is 0 Å². The van der Waals surface area contributed by atoms with Crippen LogP contribution < -0.4 is 4.74 Å². The molecule has 0 amide bonds. The number of rotatable bonds is 7. The third kappa shape index (κ3) is 3.90. The Kier molecular flexibility index (Phi) is 4.54. The summed E-state index contributed by atoms with van der Waals surface area (Å²) in [5, 5.41) is 9.12. The standard InChI is InChI=1S/C14H17F2NO3/c1-9(13(18)19)17(11-5-6-11)8-10-3-2-4-12(7-10)20-14(15)16/h2-4,7,9,11,14H,5-6,8H2,1H3,(H,18,19). The summed E-state index contributed by atoms with van der Waals surface area (Å²) in [6.07, 6.45) is 1.95. The number of carboxylic acids is 1. The minimum Gasteiger partial charge on any atom is -0.480 e. The van der Waals surface area contributed by atoms with Gasteiger partial charge in [-0.3, -0.25) is 9.69 Å². The van der Waals surface area contributed by atoms with Gasteiger partial charge in [-0.25, -0.2) is 0 Å². The number of halogens is 2. The molecule has 20 heavy (non-hydrogen) atoms. The molecule has 1 saturated carbocycles. The molecule has 110 valence electrons. The van der Waals surface area contributed by atoms with Gasteiger partial charge in [0, 0.05) is 12.6 Å². The summed E-state index contributed by atoms with van der Waals surface area (Å²) < 4.78 is 28.7. The highest BCUT2D eigenvalue weighted by Gasteiger charge is 2.34. The van der Waals surface area contributed by atoms with Crippen LogP contribution in [0.5, 0.6) is 5.75 Å². The molecule has 0 saturated heterocycles. The molecule has 1 aliphatic carbocycles. The van der Waals surface area contributed by atoms with Crippen LogP contribution in [0.2, 0.25) is 0 Å². The Morgan fingerprint density at radius 3 is 2.75 bits per heavy atom. The molecule has 6 heteroatoms. The van der Waals surface area contributed by atoms with Crippen molar-refractivity contribution in [2.45, 2.75) is 45.0 Å². The summed E-state index contributed by atoms with van der Waals surface area (Å²) in [5.74, 6) is -0.784. The molecule has 0 radical (unpaired) electrons. The van der Waals surface area contributed by atoms with Gasteiger partial charge in [0.1, 0.15) is 11.8 Å². The Morgan fingerprint density at radius 2 is 2.20 bits per heavy atom. The lowest BCUT2D eigenvalue weighted by atomic mass is 10.1. The van der Waals surface area contributed by atoms with Crippen molar-refractivity contribution < 1.29 is 23.4 Å². The molecule has 1 aromatic carbocycles.